The minimum Gasteiger partial charge on any atom is -0.487 e. The van der Waals surface area contributed by atoms with E-state index in [9.17, 15) is 0 Å². The number of H-pyrrole nitrogens is 1. The molecule has 1 aliphatic heterocycles. The highest BCUT2D eigenvalue weighted by Gasteiger charge is 2.31. The van der Waals surface area contributed by atoms with Gasteiger partial charge in [0.15, 0.2) is 5.65 Å². The predicted molar refractivity (Wildman–Crippen MR) is 79.5 cm³/mol. The van der Waals surface area contributed by atoms with E-state index in [4.69, 9.17) is 4.74 Å². The first-order valence-corrected chi connectivity index (χ1v) is 6.92. The topological polar surface area (TPSA) is 66.9 Å². The van der Waals surface area contributed by atoms with Gasteiger partial charge in [-0.2, -0.15) is 5.10 Å². The zero-order valence-electron chi connectivity index (χ0n) is 11.7. The van der Waals surface area contributed by atoms with Gasteiger partial charge in [-0.1, -0.05) is 12.1 Å². The van der Waals surface area contributed by atoms with Gasteiger partial charge < -0.3 is 9.64 Å². The van der Waals surface area contributed by atoms with Crippen molar-refractivity contribution in [3.63, 3.8) is 0 Å². The van der Waals surface area contributed by atoms with Gasteiger partial charge in [0.1, 0.15) is 24.0 Å². The fourth-order valence-electron chi connectivity index (χ4n) is 2.57. The number of hydrogen-bond acceptors (Lipinski definition) is 5. The molecule has 3 heterocycles. The van der Waals surface area contributed by atoms with Crippen LogP contribution in [-0.4, -0.2) is 39.4 Å². The average Bonchev–Trinajstić information content (AvgIpc) is 2.91. The Kier molecular flexibility index (Phi) is 2.73. The lowest BCUT2D eigenvalue weighted by Crippen LogP contribution is -2.54. The van der Waals surface area contributed by atoms with E-state index in [1.165, 1.54) is 5.56 Å². The molecule has 4 rings (SSSR count). The van der Waals surface area contributed by atoms with E-state index in [0.29, 0.717) is 0 Å². The molecule has 0 bridgehead atoms. The standard InChI is InChI=1S/C15H15N5O/c1-10-3-2-4-11(5-10)21-12-7-20(8-12)15-13-6-18-19-14(13)16-9-17-15/h2-6,9,12H,7-8H2,1H3,(H,16,17,18,19). The fraction of sp³-hybridized carbons (Fsp3) is 0.267. The van der Waals surface area contributed by atoms with E-state index in [0.717, 1.165) is 35.7 Å². The third-order valence-corrected chi connectivity index (χ3v) is 3.67. The fourth-order valence-corrected chi connectivity index (χ4v) is 2.57. The van der Waals surface area contributed by atoms with Crippen molar-refractivity contribution in [3.8, 4) is 5.75 Å². The Hall–Kier alpha value is -2.63. The lowest BCUT2D eigenvalue weighted by molar-refractivity contribution is 0.167. The number of aromatic amines is 1. The number of hydrogen-bond donors (Lipinski definition) is 1. The Morgan fingerprint density at radius 2 is 2.19 bits per heavy atom. The highest BCUT2D eigenvalue weighted by Crippen LogP contribution is 2.27. The van der Waals surface area contributed by atoms with E-state index in [1.807, 2.05) is 12.1 Å². The Morgan fingerprint density at radius 1 is 1.29 bits per heavy atom. The van der Waals surface area contributed by atoms with Crippen molar-refractivity contribution in [3.05, 3.63) is 42.4 Å². The molecular weight excluding hydrogens is 266 g/mol. The molecule has 1 fully saturated rings. The van der Waals surface area contributed by atoms with Crippen LogP contribution in [0.2, 0.25) is 0 Å². The largest absolute Gasteiger partial charge is 0.487 e. The van der Waals surface area contributed by atoms with Crippen LogP contribution in [0.25, 0.3) is 11.0 Å². The van der Waals surface area contributed by atoms with Gasteiger partial charge >= 0.3 is 0 Å². The average molecular weight is 281 g/mol. The molecule has 0 radical (unpaired) electrons. The molecule has 106 valence electrons. The maximum absolute atomic E-state index is 5.97. The Bertz CT molecular complexity index is 778. The van der Waals surface area contributed by atoms with Crippen LogP contribution in [0.1, 0.15) is 5.56 Å². The van der Waals surface area contributed by atoms with E-state index < -0.39 is 0 Å². The molecule has 0 spiro atoms. The van der Waals surface area contributed by atoms with E-state index in [-0.39, 0.29) is 6.10 Å². The molecule has 6 nitrogen and oxygen atoms in total. The highest BCUT2D eigenvalue weighted by molar-refractivity contribution is 5.86. The third-order valence-electron chi connectivity index (χ3n) is 3.67. The number of aryl methyl sites for hydroxylation is 1. The van der Waals surface area contributed by atoms with Crippen molar-refractivity contribution in [2.45, 2.75) is 13.0 Å². The maximum atomic E-state index is 5.97. The summed E-state index contributed by atoms with van der Waals surface area (Å²) in [4.78, 5) is 10.7. The van der Waals surface area contributed by atoms with Crippen molar-refractivity contribution >= 4 is 16.9 Å². The van der Waals surface area contributed by atoms with Gasteiger partial charge in [0.05, 0.1) is 24.7 Å². The maximum Gasteiger partial charge on any atom is 0.160 e. The van der Waals surface area contributed by atoms with Crippen molar-refractivity contribution < 1.29 is 4.74 Å². The first-order chi connectivity index (χ1) is 10.3. The zero-order valence-corrected chi connectivity index (χ0v) is 11.7. The molecule has 0 amide bonds. The van der Waals surface area contributed by atoms with Crippen molar-refractivity contribution in [2.75, 3.05) is 18.0 Å². The van der Waals surface area contributed by atoms with Crippen LogP contribution in [0.5, 0.6) is 5.75 Å². The summed E-state index contributed by atoms with van der Waals surface area (Å²) in [5.74, 6) is 1.84. The Balaban J connectivity index is 1.46. The van der Waals surface area contributed by atoms with Gasteiger partial charge in [0, 0.05) is 0 Å². The van der Waals surface area contributed by atoms with Crippen LogP contribution in [0, 0.1) is 6.92 Å². The molecule has 0 atom stereocenters. The minimum absolute atomic E-state index is 0.198. The number of ether oxygens (including phenoxy) is 1. The number of aromatic nitrogens is 4. The summed E-state index contributed by atoms with van der Waals surface area (Å²) in [6, 6.07) is 8.13. The van der Waals surface area contributed by atoms with Gasteiger partial charge in [-0.05, 0) is 24.6 Å². The highest BCUT2D eigenvalue weighted by atomic mass is 16.5. The van der Waals surface area contributed by atoms with Crippen LogP contribution in [0.15, 0.2) is 36.8 Å². The van der Waals surface area contributed by atoms with E-state index in [1.54, 1.807) is 12.5 Å². The molecule has 1 aliphatic rings. The summed E-state index contributed by atoms with van der Waals surface area (Å²) in [6.45, 7) is 3.72. The summed E-state index contributed by atoms with van der Waals surface area (Å²) in [7, 11) is 0. The number of nitrogens with zero attached hydrogens (tertiary/aromatic N) is 4. The SMILES string of the molecule is Cc1cccc(OC2CN(c3ncnc4[nH]ncc34)C2)c1. The van der Waals surface area contributed by atoms with Crippen molar-refractivity contribution in [1.82, 2.24) is 20.2 Å². The molecule has 0 aliphatic carbocycles. The van der Waals surface area contributed by atoms with Gasteiger partial charge in [-0.25, -0.2) is 9.97 Å². The number of benzene rings is 1. The summed E-state index contributed by atoms with van der Waals surface area (Å²) in [5, 5.41) is 7.83. The Labute approximate surface area is 121 Å². The molecule has 0 saturated carbocycles. The second kappa shape index (κ2) is 4.73. The van der Waals surface area contributed by atoms with Crippen LogP contribution in [0.3, 0.4) is 0 Å². The predicted octanol–water partition coefficient (Wildman–Crippen LogP) is 1.93. The minimum atomic E-state index is 0.198. The van der Waals surface area contributed by atoms with Gasteiger partial charge in [0.25, 0.3) is 0 Å². The van der Waals surface area contributed by atoms with Gasteiger partial charge in [0.2, 0.25) is 0 Å². The first kappa shape index (κ1) is 12.1. The summed E-state index contributed by atoms with van der Waals surface area (Å²) in [5.41, 5.74) is 1.97. The number of rotatable bonds is 3. The number of anilines is 1. The van der Waals surface area contributed by atoms with Crippen molar-refractivity contribution in [2.24, 2.45) is 0 Å². The van der Waals surface area contributed by atoms with Crippen LogP contribution >= 0.6 is 0 Å². The second-order valence-corrected chi connectivity index (χ2v) is 5.29. The second-order valence-electron chi connectivity index (χ2n) is 5.29. The number of fused-ring (bicyclic) bond motifs is 1. The van der Waals surface area contributed by atoms with Crippen LogP contribution in [-0.2, 0) is 0 Å². The van der Waals surface area contributed by atoms with Crippen LogP contribution < -0.4 is 9.64 Å². The van der Waals surface area contributed by atoms with Gasteiger partial charge in [-0.3, -0.25) is 5.10 Å². The normalized spacial score (nSPS) is 15.2. The third kappa shape index (κ3) is 2.18. The molecule has 21 heavy (non-hydrogen) atoms. The van der Waals surface area contributed by atoms with Crippen LogP contribution in [0.4, 0.5) is 5.82 Å². The molecule has 6 heteroatoms. The molecular formula is C15H15N5O. The molecule has 2 aromatic heterocycles. The smallest absolute Gasteiger partial charge is 0.160 e. The molecule has 0 unspecified atom stereocenters. The summed E-state index contributed by atoms with van der Waals surface area (Å²) in [6.07, 6.45) is 3.52. The molecule has 1 N–H and O–H groups in total. The summed E-state index contributed by atoms with van der Waals surface area (Å²) < 4.78 is 5.97. The van der Waals surface area contributed by atoms with E-state index in [2.05, 4.69) is 44.1 Å². The zero-order chi connectivity index (χ0) is 14.2. The molecule has 1 aromatic carbocycles. The number of nitrogens with one attached hydrogen (secondary N) is 1. The van der Waals surface area contributed by atoms with E-state index >= 15 is 0 Å². The van der Waals surface area contributed by atoms with Gasteiger partial charge in [-0.15, -0.1) is 0 Å². The van der Waals surface area contributed by atoms with Crippen molar-refractivity contribution in [1.29, 1.82) is 0 Å². The summed E-state index contributed by atoms with van der Waals surface area (Å²) >= 11 is 0. The monoisotopic (exact) mass is 281 g/mol. The molecule has 1 saturated heterocycles. The lowest BCUT2D eigenvalue weighted by atomic mass is 10.1. The lowest BCUT2D eigenvalue weighted by Gasteiger charge is -2.39. The quantitative estimate of drug-likeness (QED) is 0.794. The molecule has 3 aromatic rings. The first-order valence-electron chi connectivity index (χ1n) is 6.92. The Morgan fingerprint density at radius 3 is 3.05 bits per heavy atom.